The van der Waals surface area contributed by atoms with E-state index in [0.717, 1.165) is 24.9 Å². The van der Waals surface area contributed by atoms with Gasteiger partial charge in [0.25, 0.3) is 0 Å². The highest BCUT2D eigenvalue weighted by Crippen LogP contribution is 2.14. The molecule has 2 amide bonds. The van der Waals surface area contributed by atoms with Gasteiger partial charge in [0.1, 0.15) is 0 Å². The molecule has 1 aromatic rings. The molecule has 114 valence electrons. The molecule has 0 saturated carbocycles. The van der Waals surface area contributed by atoms with E-state index in [2.05, 4.69) is 22.9 Å². The number of nitrogens with one attached hydrogen (secondary N) is 3. The average Bonchev–Trinajstić information content (AvgIpc) is 2.51. The van der Waals surface area contributed by atoms with Crippen LogP contribution in [0.4, 0.5) is 0 Å². The zero-order valence-corrected chi connectivity index (χ0v) is 12.4. The van der Waals surface area contributed by atoms with Crippen LogP contribution in [0.3, 0.4) is 0 Å². The Morgan fingerprint density at radius 1 is 1.24 bits per heavy atom. The van der Waals surface area contributed by atoms with Gasteiger partial charge in [-0.1, -0.05) is 37.3 Å². The number of carbonyl (C=O) groups excluding carboxylic acids is 2. The smallest absolute Gasteiger partial charge is 0.239 e. The van der Waals surface area contributed by atoms with Crippen LogP contribution in [0.5, 0.6) is 0 Å². The Morgan fingerprint density at radius 2 is 2.00 bits per heavy atom. The molecule has 1 aromatic carbocycles. The molecule has 5 heteroatoms. The molecule has 0 radical (unpaired) electrons. The van der Waals surface area contributed by atoms with Gasteiger partial charge in [0.2, 0.25) is 11.8 Å². The molecule has 0 aromatic heterocycles. The summed E-state index contributed by atoms with van der Waals surface area (Å²) in [5.74, 6) is 0.293. The molecule has 21 heavy (non-hydrogen) atoms. The Balaban J connectivity index is 1.67. The zero-order chi connectivity index (χ0) is 15.1. The van der Waals surface area contributed by atoms with Gasteiger partial charge in [0.15, 0.2) is 0 Å². The Kier molecular flexibility index (Phi) is 5.75. The van der Waals surface area contributed by atoms with Crippen LogP contribution in [0.1, 0.15) is 25.3 Å². The van der Waals surface area contributed by atoms with Crippen LogP contribution in [0.2, 0.25) is 0 Å². The van der Waals surface area contributed by atoms with E-state index in [0.29, 0.717) is 12.5 Å². The van der Waals surface area contributed by atoms with Crippen molar-refractivity contribution in [1.29, 1.82) is 0 Å². The first kappa shape index (κ1) is 15.5. The van der Waals surface area contributed by atoms with Crippen LogP contribution in [0.15, 0.2) is 30.3 Å². The van der Waals surface area contributed by atoms with Crippen LogP contribution in [-0.2, 0) is 16.1 Å². The highest BCUT2D eigenvalue weighted by molar-refractivity contribution is 5.87. The van der Waals surface area contributed by atoms with Crippen molar-refractivity contribution >= 4 is 11.8 Å². The molecular weight excluding hydrogens is 266 g/mol. The lowest BCUT2D eigenvalue weighted by Gasteiger charge is -2.27. The fraction of sp³-hybridized carbons (Fsp3) is 0.500. The van der Waals surface area contributed by atoms with E-state index in [1.54, 1.807) is 0 Å². The van der Waals surface area contributed by atoms with Gasteiger partial charge in [-0.2, -0.15) is 0 Å². The van der Waals surface area contributed by atoms with Gasteiger partial charge < -0.3 is 16.0 Å². The van der Waals surface area contributed by atoms with Gasteiger partial charge in [0, 0.05) is 6.54 Å². The molecule has 1 fully saturated rings. The van der Waals surface area contributed by atoms with Crippen LogP contribution < -0.4 is 16.0 Å². The predicted octanol–water partition coefficient (Wildman–Crippen LogP) is 0.807. The summed E-state index contributed by atoms with van der Waals surface area (Å²) in [7, 11) is 0. The lowest BCUT2D eigenvalue weighted by atomic mass is 9.94. The minimum absolute atomic E-state index is 0.0260. The van der Waals surface area contributed by atoms with E-state index in [1.807, 2.05) is 30.3 Å². The molecule has 0 aliphatic carbocycles. The SMILES string of the molecule is CC1CCNC(C(=O)NCC(=O)NCc2ccccc2)C1. The third-order valence-electron chi connectivity index (χ3n) is 3.74. The zero-order valence-electron chi connectivity index (χ0n) is 12.4. The molecule has 3 N–H and O–H groups in total. The van der Waals surface area contributed by atoms with Crippen molar-refractivity contribution in [2.24, 2.45) is 5.92 Å². The second-order valence-electron chi connectivity index (χ2n) is 5.62. The largest absolute Gasteiger partial charge is 0.350 e. The topological polar surface area (TPSA) is 70.2 Å². The second-order valence-corrected chi connectivity index (χ2v) is 5.62. The summed E-state index contributed by atoms with van der Waals surface area (Å²) in [6.45, 7) is 3.51. The molecule has 0 spiro atoms. The normalized spacial score (nSPS) is 21.6. The third kappa shape index (κ3) is 5.19. The van der Waals surface area contributed by atoms with Crippen LogP contribution in [0, 0.1) is 5.92 Å². The minimum Gasteiger partial charge on any atom is -0.350 e. The first-order chi connectivity index (χ1) is 10.1. The summed E-state index contributed by atoms with van der Waals surface area (Å²) >= 11 is 0. The highest BCUT2D eigenvalue weighted by atomic mass is 16.2. The van der Waals surface area contributed by atoms with E-state index in [1.165, 1.54) is 0 Å². The first-order valence-corrected chi connectivity index (χ1v) is 7.47. The summed E-state index contributed by atoms with van der Waals surface area (Å²) in [5.41, 5.74) is 1.04. The maximum Gasteiger partial charge on any atom is 0.239 e. The summed E-state index contributed by atoms with van der Waals surface area (Å²) in [4.78, 5) is 23.7. The van der Waals surface area contributed by atoms with Crippen molar-refractivity contribution < 1.29 is 9.59 Å². The van der Waals surface area contributed by atoms with Gasteiger partial charge in [0.05, 0.1) is 12.6 Å². The predicted molar refractivity (Wildman–Crippen MR) is 81.5 cm³/mol. The van der Waals surface area contributed by atoms with E-state index in [4.69, 9.17) is 0 Å². The maximum absolute atomic E-state index is 12.0. The van der Waals surface area contributed by atoms with Crippen molar-refractivity contribution in [3.8, 4) is 0 Å². The standard InChI is InChI=1S/C16H23N3O2/c1-12-7-8-17-14(9-12)16(21)19-11-15(20)18-10-13-5-3-2-4-6-13/h2-6,12,14,17H,7-11H2,1H3,(H,18,20)(H,19,21). The van der Waals surface area contributed by atoms with Crippen molar-refractivity contribution in [1.82, 2.24) is 16.0 Å². The molecule has 2 rings (SSSR count). The van der Waals surface area contributed by atoms with E-state index < -0.39 is 0 Å². The van der Waals surface area contributed by atoms with Crippen molar-refractivity contribution in [3.05, 3.63) is 35.9 Å². The van der Waals surface area contributed by atoms with Gasteiger partial charge in [-0.05, 0) is 30.9 Å². The number of hydrogen-bond donors (Lipinski definition) is 3. The van der Waals surface area contributed by atoms with Crippen molar-refractivity contribution in [2.75, 3.05) is 13.1 Å². The Bertz CT molecular complexity index is 476. The molecular formula is C16H23N3O2. The molecule has 1 aliphatic heterocycles. The number of benzene rings is 1. The fourth-order valence-corrected chi connectivity index (χ4v) is 2.46. The molecule has 0 bridgehead atoms. The van der Waals surface area contributed by atoms with Gasteiger partial charge in [-0.25, -0.2) is 0 Å². The quantitative estimate of drug-likeness (QED) is 0.751. The Hall–Kier alpha value is -1.88. The number of hydrogen-bond acceptors (Lipinski definition) is 3. The van der Waals surface area contributed by atoms with E-state index in [-0.39, 0.29) is 24.4 Å². The van der Waals surface area contributed by atoms with Crippen LogP contribution in [-0.4, -0.2) is 30.9 Å². The molecule has 2 unspecified atom stereocenters. The first-order valence-electron chi connectivity index (χ1n) is 7.47. The monoisotopic (exact) mass is 289 g/mol. The number of piperidine rings is 1. The van der Waals surface area contributed by atoms with Gasteiger partial charge >= 0.3 is 0 Å². The van der Waals surface area contributed by atoms with Gasteiger partial charge in [-0.15, -0.1) is 0 Å². The minimum atomic E-state index is -0.171. The lowest BCUT2D eigenvalue weighted by Crippen LogP contribution is -2.50. The second kappa shape index (κ2) is 7.78. The van der Waals surface area contributed by atoms with Crippen LogP contribution >= 0.6 is 0 Å². The Labute approximate surface area is 125 Å². The third-order valence-corrected chi connectivity index (χ3v) is 3.74. The molecule has 1 aliphatic rings. The molecule has 5 nitrogen and oxygen atoms in total. The summed E-state index contributed by atoms with van der Waals surface area (Å²) in [6.07, 6.45) is 1.93. The number of carbonyl (C=O) groups is 2. The van der Waals surface area contributed by atoms with Crippen LogP contribution in [0.25, 0.3) is 0 Å². The summed E-state index contributed by atoms with van der Waals surface area (Å²) < 4.78 is 0. The molecule has 1 heterocycles. The lowest BCUT2D eigenvalue weighted by molar-refractivity contribution is -0.127. The van der Waals surface area contributed by atoms with Crippen molar-refractivity contribution in [2.45, 2.75) is 32.4 Å². The summed E-state index contributed by atoms with van der Waals surface area (Å²) in [5, 5.41) is 8.67. The van der Waals surface area contributed by atoms with E-state index >= 15 is 0 Å². The van der Waals surface area contributed by atoms with Crippen molar-refractivity contribution in [3.63, 3.8) is 0 Å². The molecule has 2 atom stereocenters. The highest BCUT2D eigenvalue weighted by Gasteiger charge is 2.24. The fourth-order valence-electron chi connectivity index (χ4n) is 2.46. The number of amides is 2. The van der Waals surface area contributed by atoms with E-state index in [9.17, 15) is 9.59 Å². The Morgan fingerprint density at radius 3 is 2.71 bits per heavy atom. The number of rotatable bonds is 5. The maximum atomic E-state index is 12.0. The van der Waals surface area contributed by atoms with Gasteiger partial charge in [-0.3, -0.25) is 9.59 Å². The molecule has 1 saturated heterocycles. The average molecular weight is 289 g/mol. The summed E-state index contributed by atoms with van der Waals surface area (Å²) in [6, 6.07) is 9.52.